The van der Waals surface area contributed by atoms with E-state index in [4.69, 9.17) is 16.3 Å². The van der Waals surface area contributed by atoms with E-state index < -0.39 is 18.0 Å². The number of nitrogens with zero attached hydrogens (tertiary/aromatic N) is 4. The Morgan fingerprint density at radius 3 is 2.44 bits per heavy atom. The average Bonchev–Trinajstić information content (AvgIpc) is 3.19. The quantitative estimate of drug-likeness (QED) is 0.755. The molecule has 2 aromatic rings. The number of ether oxygens (including phenoxy) is 1. The minimum atomic E-state index is -0.857. The first-order valence-corrected chi connectivity index (χ1v) is 8.96. The van der Waals surface area contributed by atoms with Crippen LogP contribution in [0.4, 0.5) is 11.4 Å². The Balaban J connectivity index is 1.64. The van der Waals surface area contributed by atoms with E-state index in [1.807, 2.05) is 13.8 Å². The second kappa shape index (κ2) is 6.66. The number of carbonyl (C=O) groups excluding carboxylic acids is 2. The van der Waals surface area contributed by atoms with Gasteiger partial charge in [0.1, 0.15) is 5.75 Å². The van der Waals surface area contributed by atoms with Crippen LogP contribution in [0.2, 0.25) is 5.02 Å². The fourth-order valence-corrected chi connectivity index (χ4v) is 3.39. The van der Waals surface area contributed by atoms with Gasteiger partial charge in [-0.3, -0.25) is 9.59 Å². The number of hydrogen-bond donors (Lipinski definition) is 0. The maximum Gasteiger partial charge on any atom is 0.263 e. The molecule has 7 nitrogen and oxygen atoms in total. The van der Waals surface area contributed by atoms with Gasteiger partial charge >= 0.3 is 0 Å². The van der Waals surface area contributed by atoms with E-state index in [2.05, 4.69) is 10.3 Å². The van der Waals surface area contributed by atoms with Crippen LogP contribution in [-0.4, -0.2) is 30.5 Å². The molecule has 8 heteroatoms. The molecule has 2 aliphatic rings. The van der Waals surface area contributed by atoms with Crippen molar-refractivity contribution in [3.63, 3.8) is 0 Å². The number of halogens is 1. The van der Waals surface area contributed by atoms with E-state index in [9.17, 15) is 9.59 Å². The number of rotatable bonds is 4. The van der Waals surface area contributed by atoms with Crippen LogP contribution in [0.15, 0.2) is 52.8 Å². The highest BCUT2D eigenvalue weighted by Gasteiger charge is 2.55. The Bertz CT molecular complexity index is 944. The summed E-state index contributed by atoms with van der Waals surface area (Å²) in [6, 6.07) is 10.6. The lowest BCUT2D eigenvalue weighted by Gasteiger charge is -2.21. The molecule has 138 valence electrons. The van der Waals surface area contributed by atoms with Gasteiger partial charge in [-0.05, 0) is 55.8 Å². The van der Waals surface area contributed by atoms with Crippen LogP contribution in [-0.2, 0) is 9.59 Å². The lowest BCUT2D eigenvalue weighted by Crippen LogP contribution is -2.39. The van der Waals surface area contributed by atoms with Crippen molar-refractivity contribution in [1.29, 1.82) is 0 Å². The Kier molecular flexibility index (Phi) is 4.31. The predicted octanol–water partition coefficient (Wildman–Crippen LogP) is 3.54. The van der Waals surface area contributed by atoms with Gasteiger partial charge in [0.25, 0.3) is 11.8 Å². The molecule has 2 aromatic carbocycles. The number of hydrogen-bond acceptors (Lipinski definition) is 6. The summed E-state index contributed by atoms with van der Waals surface area (Å²) in [4.78, 5) is 26.9. The fraction of sp³-hybridized carbons (Fsp3) is 0.263. The fourth-order valence-electron chi connectivity index (χ4n) is 3.21. The van der Waals surface area contributed by atoms with Crippen molar-refractivity contribution in [3.05, 3.63) is 53.1 Å². The molecule has 2 aliphatic heterocycles. The monoisotopic (exact) mass is 384 g/mol. The first kappa shape index (κ1) is 17.5. The topological polar surface area (TPSA) is 74.6 Å². The largest absolute Gasteiger partial charge is 0.494 e. The lowest BCUT2D eigenvalue weighted by atomic mass is 10.1. The molecule has 1 saturated heterocycles. The minimum absolute atomic E-state index is 0.371. The zero-order chi connectivity index (χ0) is 19.1. The van der Waals surface area contributed by atoms with Gasteiger partial charge < -0.3 is 4.74 Å². The number of anilines is 2. The van der Waals surface area contributed by atoms with E-state index in [0.29, 0.717) is 23.0 Å². The summed E-state index contributed by atoms with van der Waals surface area (Å²) in [7, 11) is 0. The molecule has 0 saturated carbocycles. The van der Waals surface area contributed by atoms with E-state index in [0.717, 1.165) is 16.2 Å². The van der Waals surface area contributed by atoms with Crippen LogP contribution in [0.1, 0.15) is 12.5 Å². The Hall–Kier alpha value is -2.93. The smallest absolute Gasteiger partial charge is 0.263 e. The van der Waals surface area contributed by atoms with Crippen molar-refractivity contribution >= 4 is 34.8 Å². The average molecular weight is 385 g/mol. The molecule has 2 heterocycles. The third kappa shape index (κ3) is 2.84. The maximum absolute atomic E-state index is 13.0. The molecule has 0 N–H and O–H groups in total. The van der Waals surface area contributed by atoms with Gasteiger partial charge in [-0.15, -0.1) is 0 Å². The number of aryl methyl sites for hydroxylation is 1. The number of fused-ring (bicyclic) bond motifs is 1. The molecule has 0 unspecified atom stereocenters. The molecule has 1 fully saturated rings. The van der Waals surface area contributed by atoms with Crippen LogP contribution in [0.5, 0.6) is 5.75 Å². The van der Waals surface area contributed by atoms with Crippen molar-refractivity contribution in [1.82, 2.24) is 0 Å². The van der Waals surface area contributed by atoms with E-state index in [1.54, 1.807) is 42.5 Å². The van der Waals surface area contributed by atoms with Gasteiger partial charge in [0.2, 0.25) is 0 Å². The minimum Gasteiger partial charge on any atom is -0.494 e. The highest BCUT2D eigenvalue weighted by Crippen LogP contribution is 2.36. The number of imide groups is 1. The zero-order valence-electron chi connectivity index (χ0n) is 14.8. The summed E-state index contributed by atoms with van der Waals surface area (Å²) in [6.45, 7) is 4.33. The third-order valence-corrected chi connectivity index (χ3v) is 5.01. The van der Waals surface area contributed by atoms with Crippen LogP contribution < -0.4 is 14.6 Å². The van der Waals surface area contributed by atoms with E-state index >= 15 is 0 Å². The van der Waals surface area contributed by atoms with Gasteiger partial charge in [0, 0.05) is 5.02 Å². The lowest BCUT2D eigenvalue weighted by molar-refractivity contribution is -0.121. The molecule has 2 amide bonds. The number of benzene rings is 2. The SMILES string of the molecule is CCOc1ccc(N2N=N[C@@H]3C(=O)N(c4ccc(C)c(Cl)c4)C(=O)[C@H]32)cc1. The van der Waals surface area contributed by atoms with Crippen LogP contribution in [0.25, 0.3) is 0 Å². The summed E-state index contributed by atoms with van der Waals surface area (Å²) in [5.74, 6) is -0.0513. The van der Waals surface area contributed by atoms with Crippen LogP contribution in [0.3, 0.4) is 0 Å². The number of amides is 2. The molecule has 0 aromatic heterocycles. The molecule has 0 spiro atoms. The van der Waals surface area contributed by atoms with Crippen molar-refractivity contribution < 1.29 is 14.3 Å². The van der Waals surface area contributed by atoms with Crippen LogP contribution >= 0.6 is 11.6 Å². The highest BCUT2D eigenvalue weighted by atomic mass is 35.5. The molecule has 27 heavy (non-hydrogen) atoms. The van der Waals surface area contributed by atoms with Crippen molar-refractivity contribution in [2.75, 3.05) is 16.5 Å². The van der Waals surface area contributed by atoms with Gasteiger partial charge in [-0.2, -0.15) is 5.11 Å². The van der Waals surface area contributed by atoms with Crippen molar-refractivity contribution in [2.45, 2.75) is 25.9 Å². The Labute approximate surface area is 161 Å². The van der Waals surface area contributed by atoms with E-state index in [1.165, 1.54) is 5.01 Å². The van der Waals surface area contributed by atoms with Gasteiger partial charge in [-0.25, -0.2) is 9.91 Å². The van der Waals surface area contributed by atoms with Crippen molar-refractivity contribution in [2.24, 2.45) is 10.3 Å². The van der Waals surface area contributed by atoms with Gasteiger partial charge in [0.15, 0.2) is 12.1 Å². The summed E-state index contributed by atoms with van der Waals surface area (Å²) >= 11 is 6.16. The predicted molar refractivity (Wildman–Crippen MR) is 101 cm³/mol. The first-order valence-electron chi connectivity index (χ1n) is 8.58. The highest BCUT2D eigenvalue weighted by molar-refractivity contribution is 6.32. The Morgan fingerprint density at radius 2 is 1.78 bits per heavy atom. The summed E-state index contributed by atoms with van der Waals surface area (Å²) in [6.07, 6.45) is 0. The third-order valence-electron chi connectivity index (χ3n) is 4.61. The molecule has 0 aliphatic carbocycles. The van der Waals surface area contributed by atoms with Crippen molar-refractivity contribution in [3.8, 4) is 5.75 Å². The Morgan fingerprint density at radius 1 is 1.07 bits per heavy atom. The van der Waals surface area contributed by atoms with Gasteiger partial charge in [0.05, 0.1) is 18.0 Å². The number of carbonyl (C=O) groups is 2. The second-order valence-electron chi connectivity index (χ2n) is 6.31. The zero-order valence-corrected chi connectivity index (χ0v) is 15.6. The maximum atomic E-state index is 13.0. The summed E-state index contributed by atoms with van der Waals surface area (Å²) in [5.41, 5.74) is 1.98. The molecule has 4 rings (SSSR count). The second-order valence-corrected chi connectivity index (χ2v) is 6.72. The standard InChI is InChI=1S/C19H17ClN4O3/c1-3-27-14-8-6-12(7-9-14)24-17-16(21-22-24)18(25)23(19(17)26)13-5-4-11(2)15(20)10-13/h4-10,16-17H,3H2,1-2H3/t16-,17-/m0/s1. The van der Waals surface area contributed by atoms with E-state index in [-0.39, 0.29) is 5.91 Å². The van der Waals surface area contributed by atoms with Crippen LogP contribution in [0, 0.1) is 6.92 Å². The molecular weight excluding hydrogens is 368 g/mol. The normalized spacial score (nSPS) is 21.1. The molecule has 0 radical (unpaired) electrons. The first-order chi connectivity index (χ1) is 13.0. The summed E-state index contributed by atoms with van der Waals surface area (Å²) in [5, 5.41) is 10.1. The van der Waals surface area contributed by atoms with Gasteiger partial charge in [-0.1, -0.05) is 22.9 Å². The molecule has 0 bridgehead atoms. The molecule has 2 atom stereocenters. The molecular formula is C19H17ClN4O3. The summed E-state index contributed by atoms with van der Waals surface area (Å²) < 4.78 is 5.43.